The van der Waals surface area contributed by atoms with Gasteiger partial charge in [-0.05, 0) is 66.3 Å². The van der Waals surface area contributed by atoms with Crippen LogP contribution in [-0.2, 0) is 16.7 Å². The molecule has 0 aliphatic heterocycles. The number of ketones is 1. The van der Waals surface area contributed by atoms with Crippen LogP contribution in [0.3, 0.4) is 0 Å². The van der Waals surface area contributed by atoms with Gasteiger partial charge < -0.3 is 9.47 Å². The van der Waals surface area contributed by atoms with E-state index in [0.717, 1.165) is 36.8 Å². The normalized spacial score (nSPS) is 14.6. The molecular weight excluding hydrogens is 478 g/mol. The van der Waals surface area contributed by atoms with E-state index in [1.165, 1.54) is 9.20 Å². The topological polar surface area (TPSA) is 94.5 Å². The van der Waals surface area contributed by atoms with E-state index < -0.39 is 0 Å². The van der Waals surface area contributed by atoms with Crippen molar-refractivity contribution in [2.45, 2.75) is 84.5 Å². The van der Waals surface area contributed by atoms with Crippen molar-refractivity contribution in [1.29, 1.82) is 5.41 Å². The zero-order chi connectivity index (χ0) is 25.3. The minimum atomic E-state index is -0.112. The predicted molar refractivity (Wildman–Crippen MR) is 141 cm³/mol. The standard InChI is InChI=1S/C27H37N5O3.ClH/c1-7-21(8-2)35-24-12-11-23-29-31(26(28)32(23)30-24)16-22(33)18-13-19(25(34-6)17-9-10-17)15-20(14-18)27(3,4)5;/h11-15,17,21,25,28H,7-10,16H2,1-6H3;1H. The summed E-state index contributed by atoms with van der Waals surface area (Å²) >= 11 is 0. The van der Waals surface area contributed by atoms with Crippen LogP contribution in [0.2, 0.25) is 0 Å². The van der Waals surface area contributed by atoms with Crippen LogP contribution in [0.4, 0.5) is 0 Å². The van der Waals surface area contributed by atoms with E-state index in [4.69, 9.17) is 14.9 Å². The number of halogens is 1. The largest absolute Gasteiger partial charge is 0.473 e. The molecule has 0 amide bonds. The van der Waals surface area contributed by atoms with Crippen LogP contribution in [0.15, 0.2) is 30.3 Å². The molecule has 1 atom stereocenters. The van der Waals surface area contributed by atoms with Gasteiger partial charge in [-0.15, -0.1) is 22.6 Å². The van der Waals surface area contributed by atoms with Gasteiger partial charge in [0.2, 0.25) is 11.5 Å². The van der Waals surface area contributed by atoms with E-state index in [1.54, 1.807) is 19.2 Å². The van der Waals surface area contributed by atoms with Gasteiger partial charge in [-0.25, -0.2) is 4.68 Å². The average molecular weight is 516 g/mol. The molecule has 36 heavy (non-hydrogen) atoms. The Labute approximate surface area is 218 Å². The molecule has 1 N–H and O–H groups in total. The summed E-state index contributed by atoms with van der Waals surface area (Å²) < 4.78 is 14.5. The number of fused-ring (bicyclic) bond motifs is 1. The summed E-state index contributed by atoms with van der Waals surface area (Å²) in [5.41, 5.74) is 3.17. The fourth-order valence-electron chi connectivity index (χ4n) is 4.35. The quantitative estimate of drug-likeness (QED) is 0.371. The molecule has 2 heterocycles. The summed E-state index contributed by atoms with van der Waals surface area (Å²) in [5.74, 6) is 0.857. The molecule has 0 spiro atoms. The molecule has 1 saturated carbocycles. The first-order valence-corrected chi connectivity index (χ1v) is 12.5. The SMILES string of the molecule is CCC(CC)Oc1ccc2nn(CC(=O)c3cc(C(OC)C4CC4)cc(C(C)(C)C)c3)c(=N)n2n1.Cl. The summed E-state index contributed by atoms with van der Waals surface area (Å²) in [6.45, 7) is 10.5. The fraction of sp³-hybridized carbons (Fsp3) is 0.556. The highest BCUT2D eigenvalue weighted by molar-refractivity contribution is 5.96. The van der Waals surface area contributed by atoms with Crippen molar-refractivity contribution in [3.05, 3.63) is 52.6 Å². The maximum atomic E-state index is 13.4. The molecule has 9 heteroatoms. The number of Topliss-reactive ketones (excluding diaryl/α,β-unsaturated/α-hetero) is 1. The molecule has 1 unspecified atom stereocenters. The van der Waals surface area contributed by atoms with E-state index in [9.17, 15) is 4.79 Å². The Morgan fingerprint density at radius 3 is 2.42 bits per heavy atom. The summed E-state index contributed by atoms with van der Waals surface area (Å²) in [6.07, 6.45) is 4.12. The number of hydrogen-bond acceptors (Lipinski definition) is 6. The molecule has 1 aromatic carbocycles. The van der Waals surface area contributed by atoms with Gasteiger partial charge in [0.1, 0.15) is 6.54 Å². The fourth-order valence-corrected chi connectivity index (χ4v) is 4.35. The second-order valence-corrected chi connectivity index (χ2v) is 10.5. The Bertz CT molecular complexity index is 1270. The number of aromatic nitrogens is 4. The number of methoxy groups -OCH3 is 1. The minimum Gasteiger partial charge on any atom is -0.473 e. The number of nitrogens with zero attached hydrogens (tertiary/aromatic N) is 4. The van der Waals surface area contributed by atoms with Crippen LogP contribution in [0.25, 0.3) is 5.65 Å². The molecule has 3 aromatic rings. The van der Waals surface area contributed by atoms with Crippen LogP contribution in [-0.4, -0.2) is 38.4 Å². The van der Waals surface area contributed by atoms with E-state index in [2.05, 4.69) is 50.9 Å². The first kappa shape index (κ1) is 27.9. The third-order valence-electron chi connectivity index (χ3n) is 6.73. The van der Waals surface area contributed by atoms with Crippen molar-refractivity contribution in [2.24, 2.45) is 5.92 Å². The van der Waals surface area contributed by atoms with Gasteiger partial charge in [0.25, 0.3) is 0 Å². The lowest BCUT2D eigenvalue weighted by Gasteiger charge is -2.24. The second kappa shape index (κ2) is 11.1. The van der Waals surface area contributed by atoms with Crippen molar-refractivity contribution in [3.63, 3.8) is 0 Å². The van der Waals surface area contributed by atoms with Gasteiger partial charge in [-0.1, -0.05) is 40.7 Å². The van der Waals surface area contributed by atoms with E-state index >= 15 is 0 Å². The molecule has 2 aromatic heterocycles. The van der Waals surface area contributed by atoms with Crippen LogP contribution >= 0.6 is 12.4 Å². The lowest BCUT2D eigenvalue weighted by molar-refractivity contribution is 0.0842. The van der Waals surface area contributed by atoms with E-state index in [1.807, 2.05) is 12.1 Å². The lowest BCUT2D eigenvalue weighted by atomic mass is 9.83. The highest BCUT2D eigenvalue weighted by Crippen LogP contribution is 2.44. The molecular formula is C27H38ClN5O3. The van der Waals surface area contributed by atoms with Crippen LogP contribution in [0.1, 0.15) is 87.9 Å². The van der Waals surface area contributed by atoms with Crippen molar-refractivity contribution in [3.8, 4) is 5.88 Å². The average Bonchev–Trinajstić information content (AvgIpc) is 3.62. The maximum absolute atomic E-state index is 13.4. The predicted octanol–water partition coefficient (Wildman–Crippen LogP) is 5.28. The number of carbonyl (C=O) groups excluding carboxylic acids is 1. The number of ether oxygens (including phenoxy) is 2. The van der Waals surface area contributed by atoms with Crippen LogP contribution in [0.5, 0.6) is 5.88 Å². The number of benzene rings is 1. The lowest BCUT2D eigenvalue weighted by Crippen LogP contribution is -2.27. The van der Waals surface area contributed by atoms with Crippen LogP contribution in [0, 0.1) is 11.3 Å². The third-order valence-corrected chi connectivity index (χ3v) is 6.73. The van der Waals surface area contributed by atoms with Crippen molar-refractivity contribution in [1.82, 2.24) is 19.4 Å². The molecule has 0 radical (unpaired) electrons. The second-order valence-electron chi connectivity index (χ2n) is 10.5. The molecule has 196 valence electrons. The molecule has 1 fully saturated rings. The maximum Gasteiger partial charge on any atom is 0.242 e. The monoisotopic (exact) mass is 515 g/mol. The number of nitrogens with one attached hydrogen (secondary N) is 1. The minimum absolute atomic E-state index is 0. The molecule has 1 aliphatic rings. The van der Waals surface area contributed by atoms with E-state index in [-0.39, 0.29) is 48.0 Å². The van der Waals surface area contributed by atoms with Gasteiger partial charge in [0.05, 0.1) is 12.2 Å². The smallest absolute Gasteiger partial charge is 0.242 e. The van der Waals surface area contributed by atoms with Crippen LogP contribution < -0.4 is 10.4 Å². The Balaban J connectivity index is 0.00000361. The van der Waals surface area contributed by atoms with Gasteiger partial charge in [0.15, 0.2) is 11.4 Å². The third kappa shape index (κ3) is 5.98. The Morgan fingerprint density at radius 1 is 1.14 bits per heavy atom. The molecule has 8 nitrogen and oxygen atoms in total. The first-order valence-electron chi connectivity index (χ1n) is 12.5. The highest BCUT2D eigenvalue weighted by atomic mass is 35.5. The summed E-state index contributed by atoms with van der Waals surface area (Å²) in [5, 5.41) is 17.4. The Hall–Kier alpha value is -2.71. The van der Waals surface area contributed by atoms with Gasteiger partial charge in [-0.2, -0.15) is 4.52 Å². The van der Waals surface area contributed by atoms with Gasteiger partial charge in [0, 0.05) is 18.7 Å². The highest BCUT2D eigenvalue weighted by Gasteiger charge is 2.33. The van der Waals surface area contributed by atoms with Gasteiger partial charge in [-0.3, -0.25) is 10.2 Å². The molecule has 1 aliphatic carbocycles. The molecule has 0 bridgehead atoms. The number of rotatable bonds is 10. The zero-order valence-corrected chi connectivity index (χ0v) is 22.9. The molecule has 0 saturated heterocycles. The van der Waals surface area contributed by atoms with Crippen molar-refractivity contribution in [2.75, 3.05) is 7.11 Å². The Kier molecular flexibility index (Phi) is 8.62. The van der Waals surface area contributed by atoms with E-state index in [0.29, 0.717) is 23.0 Å². The Morgan fingerprint density at radius 2 is 1.83 bits per heavy atom. The summed E-state index contributed by atoms with van der Waals surface area (Å²) in [6, 6.07) is 9.60. The first-order chi connectivity index (χ1) is 16.6. The summed E-state index contributed by atoms with van der Waals surface area (Å²) in [7, 11) is 1.74. The number of hydrogen-bond donors (Lipinski definition) is 1. The molecule has 4 rings (SSSR count). The van der Waals surface area contributed by atoms with Gasteiger partial charge >= 0.3 is 0 Å². The van der Waals surface area contributed by atoms with Crippen molar-refractivity contribution < 1.29 is 14.3 Å². The zero-order valence-electron chi connectivity index (χ0n) is 22.1. The summed E-state index contributed by atoms with van der Waals surface area (Å²) in [4.78, 5) is 13.4. The van der Waals surface area contributed by atoms with Crippen molar-refractivity contribution >= 4 is 23.8 Å². The number of carbonyl (C=O) groups is 1.